The van der Waals surface area contributed by atoms with E-state index in [1.165, 1.54) is 25.7 Å². The second-order valence-corrected chi connectivity index (χ2v) is 19.0. The molecule has 12 atom stereocenters. The minimum Gasteiger partial charge on any atom is -0.469 e. The van der Waals surface area contributed by atoms with Gasteiger partial charge < -0.3 is 39.1 Å². The van der Waals surface area contributed by atoms with E-state index in [9.17, 15) is 19.5 Å². The first-order valence-corrected chi connectivity index (χ1v) is 20.2. The number of hydrogen-bond donors (Lipinski definition) is 3. The average Bonchev–Trinajstić information content (AvgIpc) is 3.38. The van der Waals surface area contributed by atoms with Crippen LogP contribution in [0.4, 0.5) is 0 Å². The van der Waals surface area contributed by atoms with Gasteiger partial charge in [-0.05, 0) is 81.6 Å². The highest BCUT2D eigenvalue weighted by molar-refractivity contribution is 5.92. The lowest BCUT2D eigenvalue weighted by molar-refractivity contribution is -0.252. The first kappa shape index (κ1) is 35.4. The van der Waals surface area contributed by atoms with E-state index in [4.69, 9.17) is 23.4 Å². The van der Waals surface area contributed by atoms with Crippen LogP contribution in [-0.2, 0) is 39.8 Å². The number of cyclic esters (lactones) is 2. The van der Waals surface area contributed by atoms with Crippen LogP contribution in [0.2, 0.25) is 0 Å². The molecule has 8 aliphatic rings. The van der Waals surface area contributed by atoms with E-state index in [-0.39, 0.29) is 30.7 Å². The van der Waals surface area contributed by atoms with E-state index in [1.807, 2.05) is 19.9 Å². The smallest absolute Gasteiger partial charge is 0.339 e. The Hall–Kier alpha value is -2.31. The Kier molecular flexibility index (Phi) is 8.23. The van der Waals surface area contributed by atoms with E-state index in [0.717, 1.165) is 49.7 Å². The molecule has 0 radical (unpaired) electrons. The third-order valence-corrected chi connectivity index (χ3v) is 16.1. The normalized spacial score (nSPS) is 49.4. The van der Waals surface area contributed by atoms with E-state index in [1.54, 1.807) is 6.26 Å². The van der Waals surface area contributed by atoms with Gasteiger partial charge in [0.15, 0.2) is 11.9 Å². The standard InChI is InChI=1S/C41H58N2O9/c1-22(2)12-16-38(4)32-31(45)33(46)39(5)28(40(32)20-49-30(44)18-29(40)51-38)13-15-37(3)34(50-36(47)35-41(37,39)52-35)25-14-17-48-27(25)11-8-23-6-9-24(10-7-23)26-19-42-21-43-26/h14,17,22-24,26,28-29,32-35,42-43,46H,6-13,15-16,18-21H2,1-5H3. The minimum atomic E-state index is -1.39. The third kappa shape index (κ3) is 4.64. The van der Waals surface area contributed by atoms with Crippen LogP contribution in [0.25, 0.3) is 0 Å². The third-order valence-electron chi connectivity index (χ3n) is 16.1. The zero-order valence-corrected chi connectivity index (χ0v) is 31.5. The van der Waals surface area contributed by atoms with Crippen LogP contribution >= 0.6 is 0 Å². The summed E-state index contributed by atoms with van der Waals surface area (Å²) in [7, 11) is 0. The molecule has 1 aromatic heterocycles. The van der Waals surface area contributed by atoms with Gasteiger partial charge in [-0.1, -0.05) is 40.5 Å². The maximum atomic E-state index is 14.9. The molecule has 9 rings (SSSR count). The Labute approximate surface area is 307 Å². The maximum absolute atomic E-state index is 14.9. The summed E-state index contributed by atoms with van der Waals surface area (Å²) in [5, 5.41) is 19.5. The minimum absolute atomic E-state index is 0.0599. The van der Waals surface area contributed by atoms with Crippen molar-refractivity contribution in [2.24, 2.45) is 45.8 Å². The first-order valence-electron chi connectivity index (χ1n) is 20.2. The molecule has 0 bridgehead atoms. The van der Waals surface area contributed by atoms with Crippen LogP contribution in [-0.4, -0.2) is 78.2 Å². The van der Waals surface area contributed by atoms with Gasteiger partial charge in [-0.2, -0.15) is 0 Å². The van der Waals surface area contributed by atoms with Crippen molar-refractivity contribution in [1.29, 1.82) is 0 Å². The van der Waals surface area contributed by atoms with Gasteiger partial charge in [-0.25, -0.2) is 4.79 Å². The fraction of sp³-hybridized carbons (Fsp3) is 0.829. The number of rotatable bonds is 8. The Balaban J connectivity index is 1.02. The highest BCUT2D eigenvalue weighted by atomic mass is 16.7. The topological polar surface area (TPSA) is 149 Å². The van der Waals surface area contributed by atoms with Crippen molar-refractivity contribution in [1.82, 2.24) is 10.6 Å². The molecule has 3 saturated carbocycles. The van der Waals surface area contributed by atoms with Crippen LogP contribution in [0, 0.1) is 45.8 Å². The van der Waals surface area contributed by atoms with E-state index >= 15 is 0 Å². The summed E-state index contributed by atoms with van der Waals surface area (Å²) in [6, 6.07) is 2.52. The number of aryl methyl sites for hydroxylation is 1. The summed E-state index contributed by atoms with van der Waals surface area (Å²) in [5.41, 5.74) is -3.88. The molecule has 0 amide bonds. The summed E-state index contributed by atoms with van der Waals surface area (Å²) in [5.74, 6) is 0.575. The average molecular weight is 723 g/mol. The number of carbonyl (C=O) groups excluding carboxylic acids is 3. The predicted octanol–water partition coefficient (Wildman–Crippen LogP) is 4.78. The van der Waals surface area contributed by atoms with Crippen LogP contribution in [0.5, 0.6) is 0 Å². The Morgan fingerprint density at radius 2 is 1.81 bits per heavy atom. The number of ether oxygens (including phenoxy) is 4. The van der Waals surface area contributed by atoms with Crippen molar-refractivity contribution in [2.75, 3.05) is 19.8 Å². The number of ketones is 1. The molecule has 12 unspecified atom stereocenters. The number of furan rings is 1. The predicted molar refractivity (Wildman–Crippen MR) is 188 cm³/mol. The molecule has 3 N–H and O–H groups in total. The van der Waals surface area contributed by atoms with Gasteiger partial charge in [0.05, 0.1) is 30.3 Å². The number of Topliss-reactive ketones (excluding diaryl/α,β-unsaturated/α-hetero) is 1. The summed E-state index contributed by atoms with van der Waals surface area (Å²) in [6.45, 7) is 12.4. The van der Waals surface area contributed by atoms with Crippen molar-refractivity contribution in [2.45, 2.75) is 147 Å². The van der Waals surface area contributed by atoms with Crippen molar-refractivity contribution < 1.29 is 42.9 Å². The van der Waals surface area contributed by atoms with Gasteiger partial charge >= 0.3 is 11.9 Å². The van der Waals surface area contributed by atoms with Crippen molar-refractivity contribution in [3.8, 4) is 0 Å². The number of esters is 2. The molecular formula is C41H58N2O9. The molecule has 5 saturated heterocycles. The number of fused-ring (bicyclic) bond motifs is 1. The van der Waals surface area contributed by atoms with Gasteiger partial charge in [0.1, 0.15) is 30.2 Å². The molecule has 52 heavy (non-hydrogen) atoms. The van der Waals surface area contributed by atoms with Gasteiger partial charge in [0.25, 0.3) is 0 Å². The molecule has 286 valence electrons. The molecule has 1 aromatic rings. The van der Waals surface area contributed by atoms with Gasteiger partial charge in [0.2, 0.25) is 0 Å². The zero-order chi connectivity index (χ0) is 36.4. The molecule has 3 aliphatic carbocycles. The number of epoxide rings is 1. The van der Waals surface area contributed by atoms with Crippen molar-refractivity contribution in [3.05, 3.63) is 23.7 Å². The van der Waals surface area contributed by atoms with Crippen molar-refractivity contribution >= 4 is 17.7 Å². The van der Waals surface area contributed by atoms with Crippen LogP contribution in [0.1, 0.15) is 116 Å². The maximum Gasteiger partial charge on any atom is 0.339 e. The number of carbonyl (C=O) groups is 3. The molecule has 11 nitrogen and oxygen atoms in total. The lowest BCUT2D eigenvalue weighted by atomic mass is 9.36. The number of aliphatic hydroxyl groups excluding tert-OH is 1. The molecule has 2 spiro atoms. The van der Waals surface area contributed by atoms with Crippen LogP contribution in [0.3, 0.4) is 0 Å². The van der Waals surface area contributed by atoms with E-state index in [0.29, 0.717) is 37.1 Å². The van der Waals surface area contributed by atoms with E-state index < -0.39 is 63.8 Å². The number of nitrogens with one attached hydrogen (secondary N) is 2. The molecule has 6 heterocycles. The lowest BCUT2D eigenvalue weighted by Crippen LogP contribution is -2.76. The lowest BCUT2D eigenvalue weighted by Gasteiger charge is -2.66. The molecular weight excluding hydrogens is 664 g/mol. The Bertz CT molecular complexity index is 1610. The molecule has 0 aromatic carbocycles. The first-order chi connectivity index (χ1) is 24.8. The summed E-state index contributed by atoms with van der Waals surface area (Å²) >= 11 is 0. The van der Waals surface area contributed by atoms with Crippen LogP contribution < -0.4 is 10.6 Å². The fourth-order valence-electron chi connectivity index (χ4n) is 13.5. The second-order valence-electron chi connectivity index (χ2n) is 19.0. The molecule has 5 aliphatic heterocycles. The molecule has 11 heteroatoms. The summed E-state index contributed by atoms with van der Waals surface area (Å²) in [6.07, 6.45) is 7.72. The van der Waals surface area contributed by atoms with Gasteiger partial charge in [0, 0.05) is 47.5 Å². The quantitative estimate of drug-likeness (QED) is 0.252. The zero-order valence-electron chi connectivity index (χ0n) is 31.5. The molecule has 8 fully saturated rings. The highest BCUT2D eigenvalue weighted by Crippen LogP contribution is 2.80. The monoisotopic (exact) mass is 722 g/mol. The summed E-state index contributed by atoms with van der Waals surface area (Å²) in [4.78, 5) is 41.7. The number of aliphatic hydroxyl groups is 1. The second kappa shape index (κ2) is 12.1. The Morgan fingerprint density at radius 1 is 1.02 bits per heavy atom. The summed E-state index contributed by atoms with van der Waals surface area (Å²) < 4.78 is 31.9. The SMILES string of the molecule is CC(C)CCC1(C)OC2CC(=O)OCC23C1C(=O)C(O)C1(C)C3CCC2(C)C(c3ccoc3CCC3CCC(C4CNCN4)CC3)OC(=O)C3OC321. The van der Waals surface area contributed by atoms with E-state index in [2.05, 4.69) is 31.4 Å². The number of hydrogen-bond acceptors (Lipinski definition) is 11. The fourth-order valence-corrected chi connectivity index (χ4v) is 13.5. The van der Waals surface area contributed by atoms with Crippen LogP contribution in [0.15, 0.2) is 16.7 Å². The highest BCUT2D eigenvalue weighted by Gasteiger charge is 2.91. The Morgan fingerprint density at radius 3 is 2.54 bits per heavy atom. The van der Waals surface area contributed by atoms with Gasteiger partial charge in [-0.15, -0.1) is 0 Å². The van der Waals surface area contributed by atoms with Crippen molar-refractivity contribution in [3.63, 3.8) is 0 Å². The van der Waals surface area contributed by atoms with Gasteiger partial charge in [-0.3, -0.25) is 9.59 Å². The largest absolute Gasteiger partial charge is 0.469 e.